The highest BCUT2D eigenvalue weighted by molar-refractivity contribution is 9.10. The largest absolute Gasteiger partial charge is 0.394 e. The average Bonchev–Trinajstić information content (AvgIpc) is 2.37. The molecule has 0 aliphatic heterocycles. The molecule has 100 valence electrons. The van der Waals surface area contributed by atoms with E-state index in [0.29, 0.717) is 0 Å². The standard InChI is InChI=1S/C16H18BrNO/c1-11-4-3-5-13(8-11)18-16(10-19)14-7-6-12(2)9-15(14)17/h3-9,16,18-19H,10H2,1-2H3. The Hall–Kier alpha value is -1.32. The van der Waals surface area contributed by atoms with Gasteiger partial charge in [0.2, 0.25) is 0 Å². The lowest BCUT2D eigenvalue weighted by atomic mass is 10.1. The summed E-state index contributed by atoms with van der Waals surface area (Å²) >= 11 is 3.57. The Bertz CT molecular complexity index is 568. The number of rotatable bonds is 4. The monoisotopic (exact) mass is 319 g/mol. The van der Waals surface area contributed by atoms with Crippen molar-refractivity contribution in [3.05, 3.63) is 63.6 Å². The minimum absolute atomic E-state index is 0.0512. The van der Waals surface area contributed by atoms with Crippen molar-refractivity contribution >= 4 is 21.6 Å². The minimum Gasteiger partial charge on any atom is -0.394 e. The summed E-state index contributed by atoms with van der Waals surface area (Å²) in [6.45, 7) is 4.16. The SMILES string of the molecule is Cc1cccc(NC(CO)c2ccc(C)cc2Br)c1. The van der Waals surface area contributed by atoms with Crippen LogP contribution in [0, 0.1) is 13.8 Å². The molecule has 0 aliphatic rings. The van der Waals surface area contributed by atoms with Crippen LogP contribution in [0.5, 0.6) is 0 Å². The average molecular weight is 320 g/mol. The summed E-state index contributed by atoms with van der Waals surface area (Å²) in [5, 5.41) is 13.0. The summed E-state index contributed by atoms with van der Waals surface area (Å²) in [5.41, 5.74) is 4.48. The maximum Gasteiger partial charge on any atom is 0.0755 e. The molecule has 0 amide bonds. The first-order valence-corrected chi connectivity index (χ1v) is 7.09. The quantitative estimate of drug-likeness (QED) is 0.884. The van der Waals surface area contributed by atoms with Crippen LogP contribution in [0.25, 0.3) is 0 Å². The van der Waals surface area contributed by atoms with Crippen LogP contribution in [0.2, 0.25) is 0 Å². The van der Waals surface area contributed by atoms with Gasteiger partial charge in [-0.3, -0.25) is 0 Å². The summed E-state index contributed by atoms with van der Waals surface area (Å²) in [7, 11) is 0. The molecule has 0 aromatic heterocycles. The fourth-order valence-electron chi connectivity index (χ4n) is 2.07. The first kappa shape index (κ1) is 14.1. The van der Waals surface area contributed by atoms with Gasteiger partial charge in [-0.1, -0.05) is 40.2 Å². The summed E-state index contributed by atoms with van der Waals surface area (Å²) in [4.78, 5) is 0. The molecule has 2 rings (SSSR count). The highest BCUT2D eigenvalue weighted by Gasteiger charge is 2.13. The number of anilines is 1. The summed E-state index contributed by atoms with van der Waals surface area (Å²) < 4.78 is 1.02. The third kappa shape index (κ3) is 3.58. The smallest absolute Gasteiger partial charge is 0.0755 e. The molecule has 2 nitrogen and oxygen atoms in total. The molecule has 2 aromatic rings. The lowest BCUT2D eigenvalue weighted by Crippen LogP contribution is -2.15. The molecular weight excluding hydrogens is 302 g/mol. The lowest BCUT2D eigenvalue weighted by Gasteiger charge is -2.20. The number of hydrogen-bond acceptors (Lipinski definition) is 2. The number of hydrogen-bond donors (Lipinski definition) is 2. The normalized spacial score (nSPS) is 12.2. The second-order valence-electron chi connectivity index (χ2n) is 4.77. The zero-order valence-corrected chi connectivity index (χ0v) is 12.7. The number of benzene rings is 2. The van der Waals surface area contributed by atoms with Crippen LogP contribution in [-0.4, -0.2) is 11.7 Å². The van der Waals surface area contributed by atoms with Gasteiger partial charge in [-0.05, 0) is 48.7 Å². The van der Waals surface area contributed by atoms with E-state index in [9.17, 15) is 5.11 Å². The van der Waals surface area contributed by atoms with Gasteiger partial charge >= 0.3 is 0 Å². The fourth-order valence-corrected chi connectivity index (χ4v) is 2.84. The van der Waals surface area contributed by atoms with Gasteiger partial charge in [0.05, 0.1) is 12.6 Å². The Balaban J connectivity index is 2.25. The van der Waals surface area contributed by atoms with E-state index in [1.54, 1.807) is 0 Å². The van der Waals surface area contributed by atoms with Gasteiger partial charge in [-0.2, -0.15) is 0 Å². The van der Waals surface area contributed by atoms with E-state index >= 15 is 0 Å². The van der Waals surface area contributed by atoms with Crippen LogP contribution in [0.4, 0.5) is 5.69 Å². The second-order valence-corrected chi connectivity index (χ2v) is 5.63. The topological polar surface area (TPSA) is 32.3 Å². The van der Waals surface area contributed by atoms with Crippen molar-refractivity contribution in [2.75, 3.05) is 11.9 Å². The van der Waals surface area contributed by atoms with E-state index in [1.807, 2.05) is 18.2 Å². The van der Waals surface area contributed by atoms with Crippen LogP contribution >= 0.6 is 15.9 Å². The van der Waals surface area contributed by atoms with E-state index < -0.39 is 0 Å². The van der Waals surface area contributed by atoms with Crippen molar-refractivity contribution in [3.8, 4) is 0 Å². The molecule has 19 heavy (non-hydrogen) atoms. The van der Waals surface area contributed by atoms with Crippen LogP contribution < -0.4 is 5.32 Å². The first-order valence-electron chi connectivity index (χ1n) is 6.30. The van der Waals surface area contributed by atoms with E-state index in [1.165, 1.54) is 11.1 Å². The van der Waals surface area contributed by atoms with Crippen molar-refractivity contribution < 1.29 is 5.11 Å². The maximum atomic E-state index is 9.62. The maximum absolute atomic E-state index is 9.62. The van der Waals surface area contributed by atoms with E-state index in [4.69, 9.17) is 0 Å². The molecule has 0 aliphatic carbocycles. The number of aryl methyl sites for hydroxylation is 2. The van der Waals surface area contributed by atoms with Crippen LogP contribution in [0.1, 0.15) is 22.7 Å². The van der Waals surface area contributed by atoms with Gasteiger partial charge in [0.25, 0.3) is 0 Å². The molecule has 0 fully saturated rings. The van der Waals surface area contributed by atoms with Gasteiger partial charge in [0.15, 0.2) is 0 Å². The summed E-state index contributed by atoms with van der Waals surface area (Å²) in [6, 6.07) is 14.2. The van der Waals surface area contributed by atoms with Crippen LogP contribution in [0.15, 0.2) is 46.9 Å². The lowest BCUT2D eigenvalue weighted by molar-refractivity contribution is 0.276. The number of nitrogens with one attached hydrogen (secondary N) is 1. The molecule has 1 unspecified atom stereocenters. The summed E-state index contributed by atoms with van der Waals surface area (Å²) in [6.07, 6.45) is 0. The minimum atomic E-state index is -0.114. The van der Waals surface area contributed by atoms with Crippen molar-refractivity contribution in [1.82, 2.24) is 0 Å². The molecular formula is C16H18BrNO. The third-order valence-electron chi connectivity index (χ3n) is 3.07. The van der Waals surface area contributed by atoms with Crippen LogP contribution in [0.3, 0.4) is 0 Å². The Morgan fingerprint density at radius 1 is 1.11 bits per heavy atom. The second kappa shape index (κ2) is 6.22. The molecule has 0 saturated carbocycles. The molecule has 3 heteroatoms. The van der Waals surface area contributed by atoms with Crippen molar-refractivity contribution in [3.63, 3.8) is 0 Å². The molecule has 1 atom stereocenters. The highest BCUT2D eigenvalue weighted by atomic mass is 79.9. The number of aliphatic hydroxyl groups is 1. The van der Waals surface area contributed by atoms with Crippen LogP contribution in [-0.2, 0) is 0 Å². The third-order valence-corrected chi connectivity index (χ3v) is 3.76. The van der Waals surface area contributed by atoms with Crippen molar-refractivity contribution in [2.24, 2.45) is 0 Å². The predicted octanol–water partition coefficient (Wildman–Crippen LogP) is 4.21. The Kier molecular flexibility index (Phi) is 4.61. The fraction of sp³-hybridized carbons (Fsp3) is 0.250. The Morgan fingerprint density at radius 3 is 2.47 bits per heavy atom. The predicted molar refractivity (Wildman–Crippen MR) is 83.5 cm³/mol. The van der Waals surface area contributed by atoms with Gasteiger partial charge in [-0.15, -0.1) is 0 Å². The molecule has 0 saturated heterocycles. The van der Waals surface area contributed by atoms with Gasteiger partial charge in [0.1, 0.15) is 0 Å². The zero-order valence-electron chi connectivity index (χ0n) is 11.2. The summed E-state index contributed by atoms with van der Waals surface area (Å²) in [5.74, 6) is 0. The number of halogens is 1. The molecule has 0 bridgehead atoms. The zero-order chi connectivity index (χ0) is 13.8. The molecule has 0 radical (unpaired) electrons. The highest BCUT2D eigenvalue weighted by Crippen LogP contribution is 2.27. The molecule has 2 N–H and O–H groups in total. The Morgan fingerprint density at radius 2 is 1.84 bits per heavy atom. The van der Waals surface area contributed by atoms with E-state index in [-0.39, 0.29) is 12.6 Å². The van der Waals surface area contributed by atoms with E-state index in [0.717, 1.165) is 15.7 Å². The molecule has 2 aromatic carbocycles. The molecule has 0 spiro atoms. The van der Waals surface area contributed by atoms with Gasteiger partial charge in [-0.25, -0.2) is 0 Å². The van der Waals surface area contributed by atoms with Gasteiger partial charge in [0, 0.05) is 10.2 Å². The van der Waals surface area contributed by atoms with Crippen molar-refractivity contribution in [1.29, 1.82) is 0 Å². The van der Waals surface area contributed by atoms with Crippen molar-refractivity contribution in [2.45, 2.75) is 19.9 Å². The van der Waals surface area contributed by atoms with Gasteiger partial charge < -0.3 is 10.4 Å². The Labute approximate surface area is 122 Å². The molecule has 0 heterocycles. The van der Waals surface area contributed by atoms with E-state index in [2.05, 4.69) is 59.4 Å². The first-order chi connectivity index (χ1) is 9.10. The number of aliphatic hydroxyl groups excluding tert-OH is 1.